The van der Waals surface area contributed by atoms with Crippen molar-refractivity contribution < 1.29 is 4.79 Å². The van der Waals surface area contributed by atoms with Crippen LogP contribution in [0.5, 0.6) is 0 Å². The lowest BCUT2D eigenvalue weighted by Crippen LogP contribution is -2.44. The lowest BCUT2D eigenvalue weighted by molar-refractivity contribution is 0.254. The maximum atomic E-state index is 11.3. The smallest absolute Gasteiger partial charge is 0.338 e. The van der Waals surface area contributed by atoms with E-state index in [1.165, 1.54) is 0 Å². The number of guanidine groups is 1. The third-order valence-corrected chi connectivity index (χ3v) is 1.88. The number of urea groups is 1. The molecule has 0 saturated carbocycles. The van der Waals surface area contributed by atoms with Crippen molar-refractivity contribution in [3.8, 4) is 0 Å². The molecule has 0 heterocycles. The van der Waals surface area contributed by atoms with Crippen LogP contribution in [0, 0.1) is 5.41 Å². The van der Waals surface area contributed by atoms with E-state index in [1.807, 2.05) is 6.07 Å². The number of nitrogens with two attached hydrogens (primary N) is 1. The standard InChI is InChI=1S/C8H9BrN4O/c9-12-8(14)13(7(10)11)6-4-2-1-3-5-6/h1-5H,(H3,10,11)(H,12,14). The van der Waals surface area contributed by atoms with Crippen LogP contribution >= 0.6 is 16.1 Å². The molecule has 0 aliphatic carbocycles. The first-order valence-corrected chi connectivity index (χ1v) is 4.56. The number of anilines is 1. The summed E-state index contributed by atoms with van der Waals surface area (Å²) < 4.78 is 2.22. The first kappa shape index (κ1) is 10.5. The summed E-state index contributed by atoms with van der Waals surface area (Å²) >= 11 is 2.79. The lowest BCUT2D eigenvalue weighted by Gasteiger charge is -2.18. The van der Waals surface area contributed by atoms with Gasteiger partial charge < -0.3 is 5.73 Å². The Kier molecular flexibility index (Phi) is 3.47. The molecule has 1 aromatic rings. The van der Waals surface area contributed by atoms with Gasteiger partial charge in [0, 0.05) is 0 Å². The molecule has 0 saturated heterocycles. The van der Waals surface area contributed by atoms with Gasteiger partial charge in [-0.05, 0) is 12.1 Å². The molecule has 14 heavy (non-hydrogen) atoms. The second-order valence-electron chi connectivity index (χ2n) is 2.46. The third kappa shape index (κ3) is 2.23. The number of amides is 2. The molecule has 2 amide bonds. The molecular weight excluding hydrogens is 248 g/mol. The van der Waals surface area contributed by atoms with Gasteiger partial charge in [-0.2, -0.15) is 0 Å². The number of para-hydroxylation sites is 1. The van der Waals surface area contributed by atoms with Crippen LogP contribution in [0.15, 0.2) is 30.3 Å². The third-order valence-electron chi connectivity index (χ3n) is 1.54. The molecule has 0 radical (unpaired) electrons. The second-order valence-corrected chi connectivity index (χ2v) is 2.85. The Morgan fingerprint density at radius 2 is 2.00 bits per heavy atom. The largest absolute Gasteiger partial charge is 0.369 e. The van der Waals surface area contributed by atoms with Gasteiger partial charge in [0.1, 0.15) is 0 Å². The lowest BCUT2D eigenvalue weighted by atomic mass is 10.3. The van der Waals surface area contributed by atoms with E-state index >= 15 is 0 Å². The van der Waals surface area contributed by atoms with E-state index in [-0.39, 0.29) is 5.96 Å². The van der Waals surface area contributed by atoms with Gasteiger partial charge in [-0.25, -0.2) is 9.69 Å². The number of halogens is 1. The zero-order valence-corrected chi connectivity index (χ0v) is 8.78. The van der Waals surface area contributed by atoms with Crippen LogP contribution in [0.4, 0.5) is 10.5 Å². The van der Waals surface area contributed by atoms with Gasteiger partial charge in [-0.3, -0.25) is 9.75 Å². The average Bonchev–Trinajstić information content (AvgIpc) is 2.19. The molecule has 74 valence electrons. The highest BCUT2D eigenvalue weighted by Gasteiger charge is 2.16. The maximum Gasteiger partial charge on any atom is 0.338 e. The zero-order valence-electron chi connectivity index (χ0n) is 7.20. The summed E-state index contributed by atoms with van der Waals surface area (Å²) in [5, 5.41) is 7.24. The number of rotatable bonds is 1. The molecule has 0 fully saturated rings. The molecule has 4 N–H and O–H groups in total. The number of hydrogen-bond donors (Lipinski definition) is 3. The van der Waals surface area contributed by atoms with Crippen molar-refractivity contribution >= 4 is 33.8 Å². The van der Waals surface area contributed by atoms with Crippen molar-refractivity contribution in [1.29, 1.82) is 5.41 Å². The van der Waals surface area contributed by atoms with E-state index in [0.717, 1.165) is 4.90 Å². The van der Waals surface area contributed by atoms with Crippen molar-refractivity contribution in [2.24, 2.45) is 5.73 Å². The van der Waals surface area contributed by atoms with Crippen LogP contribution in [-0.2, 0) is 0 Å². The average molecular weight is 257 g/mol. The number of carbonyl (C=O) groups is 1. The van der Waals surface area contributed by atoms with Gasteiger partial charge in [-0.1, -0.05) is 18.2 Å². The second kappa shape index (κ2) is 4.61. The van der Waals surface area contributed by atoms with Crippen molar-refractivity contribution in [2.45, 2.75) is 0 Å². The van der Waals surface area contributed by atoms with Crippen molar-refractivity contribution in [3.63, 3.8) is 0 Å². The quantitative estimate of drug-likeness (QED) is 0.404. The molecule has 1 rings (SSSR count). The fourth-order valence-corrected chi connectivity index (χ4v) is 1.16. The van der Waals surface area contributed by atoms with E-state index in [0.29, 0.717) is 5.69 Å². The van der Waals surface area contributed by atoms with Crippen molar-refractivity contribution in [2.75, 3.05) is 4.90 Å². The molecule has 0 atom stereocenters. The Morgan fingerprint density at radius 3 is 2.43 bits per heavy atom. The molecule has 0 spiro atoms. The van der Waals surface area contributed by atoms with E-state index in [2.05, 4.69) is 20.5 Å². The SMILES string of the molecule is N=C(N)N(C(=O)NBr)c1ccccc1. The minimum absolute atomic E-state index is 0.340. The van der Waals surface area contributed by atoms with Crippen LogP contribution in [0.2, 0.25) is 0 Å². The topological polar surface area (TPSA) is 82.2 Å². The number of carbonyl (C=O) groups excluding carboxylic acids is 1. The predicted molar refractivity (Wildman–Crippen MR) is 58.3 cm³/mol. The molecule has 5 nitrogen and oxygen atoms in total. The molecular formula is C8H9BrN4O. The van der Waals surface area contributed by atoms with Crippen LogP contribution in [0.1, 0.15) is 0 Å². The molecule has 6 heteroatoms. The Hall–Kier alpha value is -1.56. The van der Waals surface area contributed by atoms with Crippen LogP contribution in [0.3, 0.4) is 0 Å². The van der Waals surface area contributed by atoms with Crippen LogP contribution in [0.25, 0.3) is 0 Å². The fourth-order valence-electron chi connectivity index (χ4n) is 0.985. The number of nitrogens with one attached hydrogen (secondary N) is 2. The summed E-state index contributed by atoms with van der Waals surface area (Å²) in [6.45, 7) is 0. The van der Waals surface area contributed by atoms with E-state index in [1.54, 1.807) is 24.3 Å². The molecule has 0 aliphatic heterocycles. The highest BCUT2D eigenvalue weighted by molar-refractivity contribution is 9.08. The summed E-state index contributed by atoms with van der Waals surface area (Å²) in [7, 11) is 0. The number of hydrogen-bond acceptors (Lipinski definition) is 2. The highest BCUT2D eigenvalue weighted by Crippen LogP contribution is 2.12. The van der Waals surface area contributed by atoms with Crippen LogP contribution < -0.4 is 15.0 Å². The molecule has 0 aromatic heterocycles. The predicted octanol–water partition coefficient (Wildman–Crippen LogP) is 1.41. The zero-order chi connectivity index (χ0) is 10.6. The van der Waals surface area contributed by atoms with E-state index < -0.39 is 6.03 Å². The minimum atomic E-state index is -0.510. The Morgan fingerprint density at radius 1 is 1.43 bits per heavy atom. The summed E-state index contributed by atoms with van der Waals surface area (Å²) in [5.41, 5.74) is 5.81. The summed E-state index contributed by atoms with van der Waals surface area (Å²) in [5.74, 6) is -0.340. The molecule has 0 bridgehead atoms. The monoisotopic (exact) mass is 256 g/mol. The van der Waals surface area contributed by atoms with Crippen molar-refractivity contribution in [1.82, 2.24) is 4.34 Å². The summed E-state index contributed by atoms with van der Waals surface area (Å²) in [6, 6.07) is 8.18. The Labute approximate surface area is 89.7 Å². The number of benzene rings is 1. The maximum absolute atomic E-state index is 11.3. The van der Waals surface area contributed by atoms with Gasteiger partial charge in [0.15, 0.2) is 0 Å². The summed E-state index contributed by atoms with van der Waals surface area (Å²) in [6.07, 6.45) is 0. The molecule has 0 unspecified atom stereocenters. The van der Waals surface area contributed by atoms with Gasteiger partial charge in [0.05, 0.1) is 21.8 Å². The Bertz CT molecular complexity index is 340. The fraction of sp³-hybridized carbons (Fsp3) is 0. The Balaban J connectivity index is 3.01. The normalized spacial score (nSPS) is 9.21. The van der Waals surface area contributed by atoms with Gasteiger partial charge in [-0.15, -0.1) is 0 Å². The first-order valence-electron chi connectivity index (χ1n) is 3.76. The van der Waals surface area contributed by atoms with E-state index in [4.69, 9.17) is 11.1 Å². The molecule has 1 aromatic carbocycles. The van der Waals surface area contributed by atoms with Gasteiger partial charge in [0.2, 0.25) is 5.96 Å². The minimum Gasteiger partial charge on any atom is -0.369 e. The van der Waals surface area contributed by atoms with Gasteiger partial charge >= 0.3 is 6.03 Å². The number of nitrogens with zero attached hydrogens (tertiary/aromatic N) is 1. The van der Waals surface area contributed by atoms with Crippen LogP contribution in [-0.4, -0.2) is 12.0 Å². The van der Waals surface area contributed by atoms with Gasteiger partial charge in [0.25, 0.3) is 0 Å². The molecule has 0 aliphatic rings. The highest BCUT2D eigenvalue weighted by atomic mass is 79.9. The first-order chi connectivity index (χ1) is 6.66. The van der Waals surface area contributed by atoms with Crippen molar-refractivity contribution in [3.05, 3.63) is 30.3 Å². The van der Waals surface area contributed by atoms with E-state index in [9.17, 15) is 4.79 Å². The summed E-state index contributed by atoms with van der Waals surface area (Å²) in [4.78, 5) is 12.3.